The second-order valence-corrected chi connectivity index (χ2v) is 11.9. The molecular weight excluding hydrogens is 541 g/mol. The molecule has 0 unspecified atom stereocenters. The number of aromatic nitrogens is 3. The number of fused-ring (bicyclic) bond motifs is 2. The fraction of sp³-hybridized carbons (Fsp3) is 0.0370. The molecule has 8 nitrogen and oxygen atoms in total. The van der Waals surface area contributed by atoms with Crippen molar-refractivity contribution in [2.45, 2.75) is 11.8 Å². The Morgan fingerprint density at radius 1 is 0.895 bits per heavy atom. The topological polar surface area (TPSA) is 125 Å². The van der Waals surface area contributed by atoms with E-state index in [4.69, 9.17) is 4.98 Å². The van der Waals surface area contributed by atoms with Crippen LogP contribution in [0.25, 0.3) is 41.6 Å². The van der Waals surface area contributed by atoms with Crippen molar-refractivity contribution in [3.8, 4) is 21.1 Å². The first-order valence-electron chi connectivity index (χ1n) is 11.3. The van der Waals surface area contributed by atoms with Gasteiger partial charge in [-0.15, -0.1) is 22.7 Å². The number of carbonyl (C=O) groups is 1. The zero-order chi connectivity index (χ0) is 26.4. The van der Waals surface area contributed by atoms with Gasteiger partial charge in [-0.2, -0.15) is 0 Å². The fourth-order valence-electron chi connectivity index (χ4n) is 4.08. The van der Waals surface area contributed by atoms with Crippen LogP contribution in [0.1, 0.15) is 15.9 Å². The highest BCUT2D eigenvalue weighted by Gasteiger charge is 2.17. The first-order chi connectivity index (χ1) is 18.3. The predicted octanol–water partition coefficient (Wildman–Crippen LogP) is 6.10. The van der Waals surface area contributed by atoms with E-state index in [1.807, 2.05) is 42.5 Å². The number of rotatable bonds is 5. The molecule has 3 heterocycles. The van der Waals surface area contributed by atoms with Gasteiger partial charge in [-0.3, -0.25) is 9.78 Å². The number of nitrogens with zero attached hydrogens (tertiary/aromatic N) is 3. The summed E-state index contributed by atoms with van der Waals surface area (Å²) in [5.41, 5.74) is 4.58. The Balaban J connectivity index is 1.29. The molecule has 0 aliphatic carbocycles. The number of amides is 1. The summed E-state index contributed by atoms with van der Waals surface area (Å²) >= 11 is 2.71. The summed E-state index contributed by atoms with van der Waals surface area (Å²) in [5.74, 6) is -0.233. The Labute approximate surface area is 225 Å². The molecule has 188 valence electrons. The highest BCUT2D eigenvalue weighted by atomic mass is 32.2. The van der Waals surface area contributed by atoms with Gasteiger partial charge < -0.3 is 9.87 Å². The monoisotopic (exact) mass is 557 g/mol. The standard InChI is InChI=1S/C27H18N4O4S3/c1-15-4-10-21-23(24(15)38(33,34)35)37-27(31-21)17-7-11-20-22(13-17)36-26(30-20)16-5-8-19(9-6-16)29-25(32)18-3-2-12-28-14-18/h2-14H,1H3,(H,29,32)(H,33,34,35)/p-1. The van der Waals surface area contributed by atoms with Crippen LogP contribution in [0.15, 0.2) is 84.0 Å². The minimum Gasteiger partial charge on any atom is -0.744 e. The number of anilines is 1. The van der Waals surface area contributed by atoms with Gasteiger partial charge in [0.2, 0.25) is 0 Å². The van der Waals surface area contributed by atoms with E-state index in [-0.39, 0.29) is 10.8 Å². The fourth-order valence-corrected chi connectivity index (χ4v) is 7.37. The van der Waals surface area contributed by atoms with Crippen LogP contribution in [0.5, 0.6) is 0 Å². The van der Waals surface area contributed by atoms with Crippen LogP contribution in [-0.2, 0) is 10.1 Å². The maximum absolute atomic E-state index is 12.4. The van der Waals surface area contributed by atoms with Gasteiger partial charge in [0.05, 0.1) is 30.9 Å². The molecule has 0 saturated heterocycles. The van der Waals surface area contributed by atoms with Crippen molar-refractivity contribution in [2.24, 2.45) is 0 Å². The van der Waals surface area contributed by atoms with E-state index in [1.54, 1.807) is 37.4 Å². The van der Waals surface area contributed by atoms with Crippen molar-refractivity contribution in [3.05, 3.63) is 90.3 Å². The summed E-state index contributed by atoms with van der Waals surface area (Å²) in [6.07, 6.45) is 3.13. The molecule has 0 bridgehead atoms. The molecule has 1 amide bonds. The molecule has 3 aromatic carbocycles. The Morgan fingerprint density at radius 2 is 1.61 bits per heavy atom. The predicted molar refractivity (Wildman–Crippen MR) is 149 cm³/mol. The lowest BCUT2D eigenvalue weighted by Crippen LogP contribution is -2.11. The first kappa shape index (κ1) is 24.3. The molecule has 1 N–H and O–H groups in total. The maximum Gasteiger partial charge on any atom is 0.257 e. The van der Waals surface area contributed by atoms with Crippen LogP contribution < -0.4 is 5.32 Å². The number of aryl methyl sites for hydroxylation is 1. The van der Waals surface area contributed by atoms with Crippen LogP contribution in [0.2, 0.25) is 0 Å². The molecule has 6 rings (SSSR count). The van der Waals surface area contributed by atoms with E-state index in [2.05, 4.69) is 15.3 Å². The lowest BCUT2D eigenvalue weighted by atomic mass is 10.2. The van der Waals surface area contributed by atoms with Crippen LogP contribution in [0, 0.1) is 6.92 Å². The van der Waals surface area contributed by atoms with Gasteiger partial charge in [-0.25, -0.2) is 18.4 Å². The molecule has 0 aliphatic heterocycles. The Bertz CT molecular complexity index is 1950. The number of benzene rings is 3. The Morgan fingerprint density at radius 3 is 2.34 bits per heavy atom. The van der Waals surface area contributed by atoms with E-state index in [1.165, 1.54) is 28.9 Å². The van der Waals surface area contributed by atoms with Crippen molar-refractivity contribution in [1.82, 2.24) is 15.0 Å². The van der Waals surface area contributed by atoms with Crippen molar-refractivity contribution < 1.29 is 17.8 Å². The highest BCUT2D eigenvalue weighted by molar-refractivity contribution is 7.86. The third-order valence-electron chi connectivity index (χ3n) is 5.91. The number of nitrogens with one attached hydrogen (secondary N) is 1. The molecule has 0 radical (unpaired) electrons. The van der Waals surface area contributed by atoms with E-state index < -0.39 is 10.1 Å². The normalized spacial score (nSPS) is 11.7. The van der Waals surface area contributed by atoms with Crippen molar-refractivity contribution in [1.29, 1.82) is 0 Å². The maximum atomic E-state index is 12.4. The van der Waals surface area contributed by atoms with E-state index in [0.717, 1.165) is 26.4 Å². The minimum absolute atomic E-state index is 0.208. The van der Waals surface area contributed by atoms with Crippen LogP contribution in [0.3, 0.4) is 0 Å². The molecule has 0 fully saturated rings. The number of thiazole rings is 2. The lowest BCUT2D eigenvalue weighted by molar-refractivity contribution is 0.102. The Hall–Kier alpha value is -4.03. The van der Waals surface area contributed by atoms with E-state index in [0.29, 0.717) is 32.0 Å². The second kappa shape index (κ2) is 9.37. The van der Waals surface area contributed by atoms with Crippen molar-refractivity contribution >= 4 is 64.8 Å². The summed E-state index contributed by atoms with van der Waals surface area (Å²) in [6.45, 7) is 1.61. The number of carbonyl (C=O) groups excluding carboxylic acids is 1. The highest BCUT2D eigenvalue weighted by Crippen LogP contribution is 2.38. The smallest absolute Gasteiger partial charge is 0.257 e. The van der Waals surface area contributed by atoms with Crippen molar-refractivity contribution in [3.63, 3.8) is 0 Å². The van der Waals surface area contributed by atoms with Gasteiger partial charge in [0, 0.05) is 29.2 Å². The quantitative estimate of drug-likeness (QED) is 0.254. The number of hydrogen-bond donors (Lipinski definition) is 1. The van der Waals surface area contributed by atoms with E-state index in [9.17, 15) is 17.8 Å². The lowest BCUT2D eigenvalue weighted by Gasteiger charge is -2.10. The number of hydrogen-bond acceptors (Lipinski definition) is 9. The summed E-state index contributed by atoms with van der Waals surface area (Å²) in [4.78, 5) is 25.5. The van der Waals surface area contributed by atoms with Gasteiger partial charge in [0.1, 0.15) is 20.1 Å². The zero-order valence-corrected chi connectivity index (χ0v) is 22.2. The van der Waals surface area contributed by atoms with E-state index >= 15 is 0 Å². The van der Waals surface area contributed by atoms with Gasteiger partial charge in [-0.05, 0) is 73.2 Å². The van der Waals surface area contributed by atoms with Gasteiger partial charge in [0.15, 0.2) is 0 Å². The molecule has 0 spiro atoms. The van der Waals surface area contributed by atoms with Crippen molar-refractivity contribution in [2.75, 3.05) is 5.32 Å². The van der Waals surface area contributed by atoms with Crippen LogP contribution >= 0.6 is 22.7 Å². The summed E-state index contributed by atoms with van der Waals surface area (Å²) in [5, 5.41) is 4.30. The SMILES string of the molecule is Cc1ccc2nc(-c3ccc4nc(-c5ccc(NC(=O)c6cccnc6)cc5)sc4c3)sc2c1S(=O)(=O)[O-]. The van der Waals surface area contributed by atoms with Gasteiger partial charge in [0.25, 0.3) is 5.91 Å². The molecule has 0 atom stereocenters. The summed E-state index contributed by atoms with van der Waals surface area (Å²) in [6, 6.07) is 19.9. The zero-order valence-electron chi connectivity index (χ0n) is 19.7. The summed E-state index contributed by atoms with van der Waals surface area (Å²) in [7, 11) is -4.63. The third-order valence-corrected chi connectivity index (χ3v) is 9.27. The van der Waals surface area contributed by atoms with Gasteiger partial charge >= 0.3 is 0 Å². The molecule has 38 heavy (non-hydrogen) atoms. The number of pyridine rings is 1. The molecule has 6 aromatic rings. The van der Waals surface area contributed by atoms with Crippen LogP contribution in [0.4, 0.5) is 5.69 Å². The molecule has 11 heteroatoms. The average molecular weight is 558 g/mol. The third kappa shape index (κ3) is 4.56. The molecule has 0 saturated carbocycles. The summed E-state index contributed by atoms with van der Waals surface area (Å²) < 4.78 is 36.9. The van der Waals surface area contributed by atoms with Crippen LogP contribution in [-0.4, -0.2) is 33.8 Å². The molecular formula is C27H17N4O4S3-. The second-order valence-electron chi connectivity index (χ2n) is 8.51. The first-order valence-corrected chi connectivity index (χ1v) is 14.4. The largest absolute Gasteiger partial charge is 0.744 e. The average Bonchev–Trinajstić information content (AvgIpc) is 3.52. The molecule has 3 aromatic heterocycles. The molecule has 0 aliphatic rings. The Kier molecular flexibility index (Phi) is 6.00. The van der Waals surface area contributed by atoms with Gasteiger partial charge in [-0.1, -0.05) is 6.07 Å². The minimum atomic E-state index is -4.63.